The van der Waals surface area contributed by atoms with Gasteiger partial charge in [0, 0.05) is 17.9 Å². The summed E-state index contributed by atoms with van der Waals surface area (Å²) in [5, 5.41) is 11.0. The summed E-state index contributed by atoms with van der Waals surface area (Å²) < 4.78 is 0. The Balaban J connectivity index is 1.86. The molecule has 14 heavy (non-hydrogen) atoms. The van der Waals surface area contributed by atoms with Gasteiger partial charge >= 0.3 is 6.09 Å². The van der Waals surface area contributed by atoms with Crippen molar-refractivity contribution < 1.29 is 14.7 Å². The lowest BCUT2D eigenvalue weighted by Crippen LogP contribution is -2.47. The van der Waals surface area contributed by atoms with Crippen LogP contribution in [0.5, 0.6) is 0 Å². The number of hydrogen-bond acceptors (Lipinski definition) is 2. The maximum atomic E-state index is 11.4. The second-order valence-electron chi connectivity index (χ2n) is 4.43. The van der Waals surface area contributed by atoms with E-state index >= 15 is 0 Å². The molecule has 78 valence electrons. The Morgan fingerprint density at radius 1 is 1.36 bits per heavy atom. The highest BCUT2D eigenvalue weighted by atomic mass is 16.4. The smallest absolute Gasteiger partial charge is 0.404 e. The first-order chi connectivity index (χ1) is 6.62. The van der Waals surface area contributed by atoms with Crippen LogP contribution < -0.4 is 5.32 Å². The zero-order valence-corrected chi connectivity index (χ0v) is 8.08. The SMILES string of the molecule is O=C(O)NC1CCC2(CCC2=O)CC1. The van der Waals surface area contributed by atoms with E-state index in [0.29, 0.717) is 5.78 Å². The molecule has 1 amide bonds. The van der Waals surface area contributed by atoms with Crippen LogP contribution in [0.2, 0.25) is 0 Å². The molecule has 4 heteroatoms. The molecule has 0 aromatic carbocycles. The van der Waals surface area contributed by atoms with Crippen LogP contribution in [-0.4, -0.2) is 23.0 Å². The van der Waals surface area contributed by atoms with Crippen LogP contribution in [-0.2, 0) is 4.79 Å². The first-order valence-electron chi connectivity index (χ1n) is 5.15. The van der Waals surface area contributed by atoms with Crippen molar-refractivity contribution in [2.24, 2.45) is 5.41 Å². The molecular weight excluding hydrogens is 182 g/mol. The van der Waals surface area contributed by atoms with Gasteiger partial charge in [-0.25, -0.2) is 4.79 Å². The van der Waals surface area contributed by atoms with Crippen molar-refractivity contribution in [2.75, 3.05) is 0 Å². The van der Waals surface area contributed by atoms with Gasteiger partial charge in [-0.15, -0.1) is 0 Å². The van der Waals surface area contributed by atoms with Crippen LogP contribution in [0.15, 0.2) is 0 Å². The van der Waals surface area contributed by atoms with Crippen molar-refractivity contribution in [1.29, 1.82) is 0 Å². The van der Waals surface area contributed by atoms with E-state index in [1.54, 1.807) is 0 Å². The molecule has 1 spiro atoms. The summed E-state index contributed by atoms with van der Waals surface area (Å²) in [5.41, 5.74) is -0.0450. The largest absolute Gasteiger partial charge is 0.465 e. The van der Waals surface area contributed by atoms with Gasteiger partial charge in [-0.05, 0) is 32.1 Å². The van der Waals surface area contributed by atoms with E-state index < -0.39 is 6.09 Å². The number of hydrogen-bond donors (Lipinski definition) is 2. The number of rotatable bonds is 1. The Morgan fingerprint density at radius 3 is 2.36 bits per heavy atom. The molecule has 0 bridgehead atoms. The molecule has 0 aromatic heterocycles. The van der Waals surface area contributed by atoms with E-state index in [4.69, 9.17) is 5.11 Å². The molecule has 0 heterocycles. The van der Waals surface area contributed by atoms with Gasteiger partial charge in [0.15, 0.2) is 0 Å². The highest BCUT2D eigenvalue weighted by Gasteiger charge is 2.47. The fraction of sp³-hybridized carbons (Fsp3) is 0.800. The standard InChI is InChI=1S/C10H15NO3/c12-8-3-6-10(8)4-1-7(2-5-10)11-9(13)14/h7,11H,1-6H2,(H,13,14). The first kappa shape index (κ1) is 9.49. The van der Waals surface area contributed by atoms with Gasteiger partial charge in [-0.1, -0.05) is 0 Å². The summed E-state index contributed by atoms with van der Waals surface area (Å²) in [6.07, 6.45) is 4.18. The van der Waals surface area contributed by atoms with Gasteiger partial charge in [0.1, 0.15) is 5.78 Å². The van der Waals surface area contributed by atoms with E-state index in [9.17, 15) is 9.59 Å². The van der Waals surface area contributed by atoms with Crippen molar-refractivity contribution in [2.45, 2.75) is 44.6 Å². The second kappa shape index (κ2) is 3.26. The summed E-state index contributed by atoms with van der Waals surface area (Å²) in [7, 11) is 0. The van der Waals surface area contributed by atoms with Gasteiger partial charge in [0.2, 0.25) is 0 Å². The topological polar surface area (TPSA) is 66.4 Å². The Bertz CT molecular complexity index is 267. The number of carbonyl (C=O) groups is 2. The fourth-order valence-electron chi connectivity index (χ4n) is 2.60. The lowest BCUT2D eigenvalue weighted by atomic mass is 9.59. The highest BCUT2D eigenvalue weighted by Crippen LogP contribution is 2.48. The molecule has 4 nitrogen and oxygen atoms in total. The van der Waals surface area contributed by atoms with E-state index in [2.05, 4.69) is 5.32 Å². The monoisotopic (exact) mass is 197 g/mol. The molecule has 2 aliphatic carbocycles. The van der Waals surface area contributed by atoms with Gasteiger partial charge < -0.3 is 10.4 Å². The Kier molecular flexibility index (Phi) is 2.21. The summed E-state index contributed by atoms with van der Waals surface area (Å²) in [6.45, 7) is 0. The lowest BCUT2D eigenvalue weighted by molar-refractivity contribution is -0.141. The molecule has 2 aliphatic rings. The molecule has 2 N–H and O–H groups in total. The minimum Gasteiger partial charge on any atom is -0.465 e. The van der Waals surface area contributed by atoms with Crippen molar-refractivity contribution in [3.63, 3.8) is 0 Å². The van der Waals surface area contributed by atoms with E-state index in [1.165, 1.54) is 0 Å². The summed E-state index contributed by atoms with van der Waals surface area (Å²) >= 11 is 0. The maximum absolute atomic E-state index is 11.4. The molecule has 0 aliphatic heterocycles. The summed E-state index contributed by atoms with van der Waals surface area (Å²) in [4.78, 5) is 21.8. The average molecular weight is 197 g/mol. The predicted octanol–water partition coefficient (Wildman–Crippen LogP) is 1.55. The third-order valence-electron chi connectivity index (χ3n) is 3.69. The molecule has 0 saturated heterocycles. The molecule has 0 unspecified atom stereocenters. The number of carboxylic acid groups (broad SMARTS) is 1. The zero-order valence-electron chi connectivity index (χ0n) is 8.08. The Hall–Kier alpha value is -1.06. The average Bonchev–Trinajstić information content (AvgIpc) is 2.16. The third kappa shape index (κ3) is 1.49. The number of Topliss-reactive ketones (excluding diaryl/α,β-unsaturated/α-hetero) is 1. The van der Waals surface area contributed by atoms with Gasteiger partial charge in [-0.3, -0.25) is 4.79 Å². The van der Waals surface area contributed by atoms with Crippen LogP contribution in [0.3, 0.4) is 0 Å². The molecule has 0 atom stereocenters. The van der Waals surface area contributed by atoms with Crippen molar-refractivity contribution in [3.8, 4) is 0 Å². The van der Waals surface area contributed by atoms with Crippen LogP contribution in [0.1, 0.15) is 38.5 Å². The van der Waals surface area contributed by atoms with E-state index in [1.807, 2.05) is 0 Å². The van der Waals surface area contributed by atoms with Gasteiger partial charge in [0.05, 0.1) is 0 Å². The predicted molar refractivity (Wildman–Crippen MR) is 50.1 cm³/mol. The normalized spacial score (nSPS) is 36.6. The molecule has 0 aromatic rings. The summed E-state index contributed by atoms with van der Waals surface area (Å²) in [6, 6.07) is 0.0616. The molecule has 2 rings (SSSR count). The Morgan fingerprint density at radius 2 is 2.00 bits per heavy atom. The third-order valence-corrected chi connectivity index (χ3v) is 3.69. The lowest BCUT2D eigenvalue weighted by Gasteiger charge is -2.45. The van der Waals surface area contributed by atoms with Crippen LogP contribution in [0.4, 0.5) is 4.79 Å². The molecule has 2 fully saturated rings. The van der Waals surface area contributed by atoms with E-state index in [0.717, 1.165) is 38.5 Å². The van der Waals surface area contributed by atoms with E-state index in [-0.39, 0.29) is 11.5 Å². The quantitative estimate of drug-likeness (QED) is 0.670. The number of carbonyl (C=O) groups excluding carboxylic acids is 1. The molecular formula is C10H15NO3. The minimum absolute atomic E-state index is 0.0450. The second-order valence-corrected chi connectivity index (χ2v) is 4.43. The zero-order chi connectivity index (χ0) is 10.2. The van der Waals surface area contributed by atoms with Crippen LogP contribution in [0.25, 0.3) is 0 Å². The number of ketones is 1. The highest BCUT2D eigenvalue weighted by molar-refractivity contribution is 5.90. The Labute approximate surface area is 82.7 Å². The number of nitrogens with one attached hydrogen (secondary N) is 1. The molecule has 2 saturated carbocycles. The first-order valence-corrected chi connectivity index (χ1v) is 5.15. The van der Waals surface area contributed by atoms with Crippen molar-refractivity contribution >= 4 is 11.9 Å². The van der Waals surface area contributed by atoms with Crippen LogP contribution >= 0.6 is 0 Å². The van der Waals surface area contributed by atoms with Gasteiger partial charge in [-0.2, -0.15) is 0 Å². The van der Waals surface area contributed by atoms with Crippen molar-refractivity contribution in [3.05, 3.63) is 0 Å². The fourth-order valence-corrected chi connectivity index (χ4v) is 2.60. The molecule has 0 radical (unpaired) electrons. The number of amides is 1. The maximum Gasteiger partial charge on any atom is 0.404 e. The van der Waals surface area contributed by atoms with Crippen molar-refractivity contribution in [1.82, 2.24) is 5.32 Å². The van der Waals surface area contributed by atoms with Gasteiger partial charge in [0.25, 0.3) is 0 Å². The summed E-state index contributed by atoms with van der Waals surface area (Å²) in [5.74, 6) is 0.395. The minimum atomic E-state index is -0.953. The van der Waals surface area contributed by atoms with Crippen LogP contribution in [0, 0.1) is 5.41 Å².